The molecule has 4 N–H and O–H groups in total. The molecule has 0 aromatic rings. The molecule has 0 saturated carbocycles. The molecule has 0 aromatic carbocycles. The first kappa shape index (κ1) is 47.7. The first-order chi connectivity index (χ1) is 18.0. The molecule has 40 heavy (non-hydrogen) atoms. The Balaban J connectivity index is -0.000000309. The second-order valence-corrected chi connectivity index (χ2v) is 10.8. The van der Waals surface area contributed by atoms with Crippen molar-refractivity contribution in [3.63, 3.8) is 0 Å². The summed E-state index contributed by atoms with van der Waals surface area (Å²) in [7, 11) is 0. The van der Waals surface area contributed by atoms with Crippen LogP contribution < -0.4 is 69.3 Å². The van der Waals surface area contributed by atoms with E-state index in [0.29, 0.717) is 12.8 Å². The van der Waals surface area contributed by atoms with Crippen LogP contribution in [0.4, 0.5) is 0 Å². The maximum atomic E-state index is 10.3. The molecule has 0 rings (SSSR count). The predicted octanol–water partition coefficient (Wildman–Crippen LogP) is -1.76. The van der Waals surface area contributed by atoms with E-state index in [4.69, 9.17) is 20.4 Å². The van der Waals surface area contributed by atoms with Gasteiger partial charge in [0.05, 0.1) is 0 Å². The van der Waals surface area contributed by atoms with E-state index in [-0.39, 0.29) is 72.0 Å². The van der Waals surface area contributed by atoms with Crippen LogP contribution >= 0.6 is 0 Å². The van der Waals surface area contributed by atoms with Crippen molar-refractivity contribution < 1.29 is 99.3 Å². The third kappa shape index (κ3) is 33.3. The van der Waals surface area contributed by atoms with Crippen molar-refractivity contribution in [2.45, 2.75) is 180 Å². The van der Waals surface area contributed by atoms with E-state index in [1.165, 1.54) is 89.9 Å². The van der Waals surface area contributed by atoms with Crippen LogP contribution in [0.15, 0.2) is 0 Å². The van der Waals surface area contributed by atoms with Crippen molar-refractivity contribution in [1.29, 1.82) is 0 Å². The molecule has 0 amide bonds. The summed E-state index contributed by atoms with van der Waals surface area (Å²) in [5.74, 6) is -8.92. The fourth-order valence-corrected chi connectivity index (χ4v) is 4.28. The molecule has 0 heterocycles. The Morgan fingerprint density at radius 3 is 0.775 bits per heavy atom. The predicted molar refractivity (Wildman–Crippen MR) is 147 cm³/mol. The van der Waals surface area contributed by atoms with Gasteiger partial charge < -0.3 is 40.2 Å². The topological polar surface area (TPSA) is 161 Å². The SMILES string of the molecule is CCCCCCCCCCCCCC(O)(O)C(=O)[O-].CCCCCCCCCCCCCC(O)(O)C(=O)[O-].[Na+].[Na+]. The fraction of sp³-hybridized carbons (Fsp3) is 0.933. The molecular formula is C30H58Na2O8. The van der Waals surface area contributed by atoms with E-state index in [0.717, 1.165) is 38.5 Å². The first-order valence-corrected chi connectivity index (χ1v) is 15.3. The minimum atomic E-state index is -2.65. The Bertz CT molecular complexity index is 512. The maximum Gasteiger partial charge on any atom is 1.00 e. The summed E-state index contributed by atoms with van der Waals surface area (Å²) < 4.78 is 0. The fourth-order valence-electron chi connectivity index (χ4n) is 4.28. The number of carbonyl (C=O) groups is 2. The van der Waals surface area contributed by atoms with Crippen LogP contribution in [0.3, 0.4) is 0 Å². The number of hydrogen-bond acceptors (Lipinski definition) is 8. The number of aliphatic hydroxyl groups is 4. The number of rotatable bonds is 26. The second-order valence-electron chi connectivity index (χ2n) is 10.8. The zero-order valence-corrected chi connectivity index (χ0v) is 30.4. The largest absolute Gasteiger partial charge is 1.00 e. The Morgan fingerprint density at radius 1 is 0.425 bits per heavy atom. The molecule has 0 aliphatic heterocycles. The molecule has 228 valence electrons. The first-order valence-electron chi connectivity index (χ1n) is 15.3. The van der Waals surface area contributed by atoms with Gasteiger partial charge in [-0.2, -0.15) is 0 Å². The van der Waals surface area contributed by atoms with E-state index in [2.05, 4.69) is 13.8 Å². The summed E-state index contributed by atoms with van der Waals surface area (Å²) in [6.07, 6.45) is 24.9. The summed E-state index contributed by atoms with van der Waals surface area (Å²) >= 11 is 0. The van der Waals surface area contributed by atoms with Gasteiger partial charge in [-0.3, -0.25) is 0 Å². The van der Waals surface area contributed by atoms with Crippen molar-refractivity contribution in [1.82, 2.24) is 0 Å². The molecule has 0 radical (unpaired) electrons. The van der Waals surface area contributed by atoms with Gasteiger partial charge in [0.15, 0.2) is 0 Å². The van der Waals surface area contributed by atoms with Gasteiger partial charge in [0.25, 0.3) is 0 Å². The molecule has 0 aromatic heterocycles. The monoisotopic (exact) mass is 592 g/mol. The summed E-state index contributed by atoms with van der Waals surface area (Å²) in [6.45, 7) is 4.43. The van der Waals surface area contributed by atoms with Gasteiger partial charge in [-0.25, -0.2) is 0 Å². The van der Waals surface area contributed by atoms with E-state index in [1.54, 1.807) is 0 Å². The minimum absolute atomic E-state index is 0. The summed E-state index contributed by atoms with van der Waals surface area (Å²) in [4.78, 5) is 20.6. The molecule has 8 nitrogen and oxygen atoms in total. The maximum absolute atomic E-state index is 10.3. The van der Waals surface area contributed by atoms with Crippen LogP contribution in [0.2, 0.25) is 0 Å². The summed E-state index contributed by atoms with van der Waals surface area (Å²) in [6, 6.07) is 0. The molecule has 0 atom stereocenters. The Hall–Kier alpha value is 0.780. The van der Waals surface area contributed by atoms with Crippen LogP contribution in [-0.4, -0.2) is 43.9 Å². The van der Waals surface area contributed by atoms with Crippen LogP contribution in [-0.2, 0) is 9.59 Å². The van der Waals surface area contributed by atoms with E-state index < -0.39 is 23.5 Å². The third-order valence-electron chi connectivity index (χ3n) is 6.91. The van der Waals surface area contributed by atoms with E-state index in [9.17, 15) is 19.8 Å². The molecule has 0 spiro atoms. The molecule has 0 aliphatic rings. The Labute approximate surface area is 288 Å². The molecule has 0 fully saturated rings. The van der Waals surface area contributed by atoms with E-state index in [1.807, 2.05) is 0 Å². The Morgan fingerprint density at radius 2 is 0.600 bits per heavy atom. The van der Waals surface area contributed by atoms with Crippen LogP contribution in [0, 0.1) is 0 Å². The summed E-state index contributed by atoms with van der Waals surface area (Å²) in [5.41, 5.74) is 0. The number of carbonyl (C=O) groups excluding carboxylic acids is 2. The number of carboxylic acids is 2. The molecule has 0 aliphatic carbocycles. The molecule has 0 saturated heterocycles. The normalized spacial score (nSPS) is 11.2. The van der Waals surface area contributed by atoms with Gasteiger partial charge in [0.1, 0.15) is 11.9 Å². The van der Waals surface area contributed by atoms with Crippen LogP contribution in [0.1, 0.15) is 168 Å². The van der Waals surface area contributed by atoms with Gasteiger partial charge in [0, 0.05) is 12.8 Å². The van der Waals surface area contributed by atoms with Crippen molar-refractivity contribution in [3.8, 4) is 0 Å². The van der Waals surface area contributed by atoms with Gasteiger partial charge in [-0.1, -0.05) is 142 Å². The Kier molecular flexibility index (Phi) is 39.0. The minimum Gasteiger partial charge on any atom is -0.544 e. The molecular weight excluding hydrogens is 534 g/mol. The number of aliphatic carboxylic acids is 2. The number of carboxylic acid groups (broad SMARTS) is 2. The third-order valence-corrected chi connectivity index (χ3v) is 6.91. The van der Waals surface area contributed by atoms with Crippen LogP contribution in [0.5, 0.6) is 0 Å². The van der Waals surface area contributed by atoms with Gasteiger partial charge in [0.2, 0.25) is 11.6 Å². The van der Waals surface area contributed by atoms with E-state index >= 15 is 0 Å². The molecule has 10 heteroatoms. The standard InChI is InChI=1S/2C15H30O4.2Na/c2*1-2-3-4-5-6-7-8-9-10-11-12-13-15(18,19)14(16)17;;/h2*18-19H,2-13H2,1H3,(H,16,17);;/q;;2*+1/p-2. The quantitative estimate of drug-likeness (QED) is 0.0522. The zero-order valence-electron chi connectivity index (χ0n) is 26.4. The summed E-state index contributed by atoms with van der Waals surface area (Å²) in [5, 5.41) is 56.8. The van der Waals surface area contributed by atoms with Gasteiger partial charge >= 0.3 is 59.1 Å². The van der Waals surface area contributed by atoms with Crippen molar-refractivity contribution in [2.24, 2.45) is 0 Å². The molecule has 0 bridgehead atoms. The van der Waals surface area contributed by atoms with Crippen molar-refractivity contribution in [2.75, 3.05) is 0 Å². The van der Waals surface area contributed by atoms with Gasteiger partial charge in [-0.05, 0) is 12.8 Å². The van der Waals surface area contributed by atoms with Gasteiger partial charge in [-0.15, -0.1) is 0 Å². The number of unbranched alkanes of at least 4 members (excludes halogenated alkanes) is 20. The van der Waals surface area contributed by atoms with Crippen molar-refractivity contribution in [3.05, 3.63) is 0 Å². The average Bonchev–Trinajstić information content (AvgIpc) is 2.86. The zero-order chi connectivity index (χ0) is 29.1. The smallest absolute Gasteiger partial charge is 0.544 e. The van der Waals surface area contributed by atoms with Crippen molar-refractivity contribution >= 4 is 11.9 Å². The number of hydrogen-bond donors (Lipinski definition) is 4. The molecule has 0 unspecified atom stereocenters. The second kappa shape index (κ2) is 32.7. The van der Waals surface area contributed by atoms with Crippen LogP contribution in [0.25, 0.3) is 0 Å². The average molecular weight is 593 g/mol.